The molecule has 92 valence electrons. The number of hydrogen-bond acceptors (Lipinski definition) is 2. The van der Waals surface area contributed by atoms with Crippen molar-refractivity contribution >= 4 is 23.5 Å². The van der Waals surface area contributed by atoms with Crippen molar-refractivity contribution in [2.75, 3.05) is 0 Å². The second-order valence-corrected chi connectivity index (χ2v) is 4.69. The lowest BCUT2D eigenvalue weighted by Crippen LogP contribution is -1.83. The molecule has 0 aromatic heterocycles. The van der Waals surface area contributed by atoms with E-state index in [1.165, 1.54) is 0 Å². The number of halogens is 1. The molecule has 0 aliphatic rings. The van der Waals surface area contributed by atoms with E-state index in [9.17, 15) is 5.11 Å². The molecular weight excluding hydrogens is 246 g/mol. The lowest BCUT2D eigenvalue weighted by atomic mass is 10.1. The first kappa shape index (κ1) is 12.7. The van der Waals surface area contributed by atoms with Crippen LogP contribution in [-0.2, 0) is 0 Å². The van der Waals surface area contributed by atoms with Crippen molar-refractivity contribution in [3.05, 3.63) is 58.1 Å². The maximum absolute atomic E-state index is 9.69. The Hall–Kier alpha value is -1.80. The third-order valence-electron chi connectivity index (χ3n) is 2.70. The highest BCUT2D eigenvalue weighted by molar-refractivity contribution is 6.30. The van der Waals surface area contributed by atoms with Gasteiger partial charge in [0, 0.05) is 16.8 Å². The van der Waals surface area contributed by atoms with Gasteiger partial charge >= 0.3 is 0 Å². The molecule has 18 heavy (non-hydrogen) atoms. The lowest BCUT2D eigenvalue weighted by molar-refractivity contribution is 0.474. The fourth-order valence-corrected chi connectivity index (χ4v) is 1.81. The smallest absolute Gasteiger partial charge is 0.124 e. The van der Waals surface area contributed by atoms with Gasteiger partial charge in [-0.3, -0.25) is 4.99 Å². The zero-order valence-corrected chi connectivity index (χ0v) is 11.1. The third-order valence-corrected chi connectivity index (χ3v) is 2.93. The van der Waals surface area contributed by atoms with Gasteiger partial charge in [0.15, 0.2) is 0 Å². The summed E-state index contributed by atoms with van der Waals surface area (Å²) in [6.45, 7) is 4.03. The Morgan fingerprint density at radius 2 is 1.89 bits per heavy atom. The highest BCUT2D eigenvalue weighted by Crippen LogP contribution is 2.23. The maximum Gasteiger partial charge on any atom is 0.124 e. The van der Waals surface area contributed by atoms with Gasteiger partial charge in [-0.15, -0.1) is 0 Å². The van der Waals surface area contributed by atoms with Crippen LogP contribution < -0.4 is 0 Å². The van der Waals surface area contributed by atoms with E-state index >= 15 is 0 Å². The summed E-state index contributed by atoms with van der Waals surface area (Å²) in [4.78, 5) is 4.40. The van der Waals surface area contributed by atoms with Crippen LogP contribution in [0.2, 0.25) is 5.02 Å². The fourth-order valence-electron chi connectivity index (χ4n) is 1.63. The van der Waals surface area contributed by atoms with Crippen LogP contribution in [0.1, 0.15) is 16.7 Å². The van der Waals surface area contributed by atoms with Gasteiger partial charge < -0.3 is 5.11 Å². The number of nitrogens with zero attached hydrogens (tertiary/aromatic N) is 1. The standard InChI is InChI=1S/C15H14ClNO/c1-10-3-4-11(2)14(7-10)17-9-12-8-13(16)5-6-15(12)18/h3-9,18H,1-2H3. The summed E-state index contributed by atoms with van der Waals surface area (Å²) in [5, 5.41) is 10.3. The first-order chi connectivity index (χ1) is 8.56. The van der Waals surface area contributed by atoms with Gasteiger partial charge in [0.25, 0.3) is 0 Å². The average Bonchev–Trinajstić information content (AvgIpc) is 2.34. The van der Waals surface area contributed by atoms with Crippen molar-refractivity contribution in [3.8, 4) is 5.75 Å². The molecule has 2 aromatic rings. The Bertz CT molecular complexity index is 552. The van der Waals surface area contributed by atoms with Gasteiger partial charge in [0.2, 0.25) is 0 Å². The summed E-state index contributed by atoms with van der Waals surface area (Å²) < 4.78 is 0. The van der Waals surface area contributed by atoms with E-state index in [4.69, 9.17) is 11.6 Å². The number of benzene rings is 2. The monoisotopic (exact) mass is 259 g/mol. The van der Waals surface area contributed by atoms with Gasteiger partial charge in [-0.2, -0.15) is 0 Å². The van der Waals surface area contributed by atoms with E-state index in [2.05, 4.69) is 4.99 Å². The minimum Gasteiger partial charge on any atom is -0.507 e. The lowest BCUT2D eigenvalue weighted by Gasteiger charge is -2.02. The highest BCUT2D eigenvalue weighted by atomic mass is 35.5. The Kier molecular flexibility index (Phi) is 3.68. The van der Waals surface area contributed by atoms with Crippen molar-refractivity contribution in [2.24, 2.45) is 4.99 Å². The Morgan fingerprint density at radius 1 is 1.11 bits per heavy atom. The second-order valence-electron chi connectivity index (χ2n) is 4.25. The summed E-state index contributed by atoms with van der Waals surface area (Å²) in [6, 6.07) is 11.0. The molecule has 0 heterocycles. The molecule has 0 aliphatic carbocycles. The minimum absolute atomic E-state index is 0.174. The number of rotatable bonds is 2. The van der Waals surface area contributed by atoms with E-state index in [0.29, 0.717) is 10.6 Å². The number of hydrogen-bond donors (Lipinski definition) is 1. The highest BCUT2D eigenvalue weighted by Gasteiger charge is 2.00. The van der Waals surface area contributed by atoms with Crippen LogP contribution in [0.5, 0.6) is 5.75 Å². The summed E-state index contributed by atoms with van der Waals surface area (Å²) in [7, 11) is 0. The van der Waals surface area contributed by atoms with E-state index in [0.717, 1.165) is 16.8 Å². The molecule has 0 radical (unpaired) electrons. The minimum atomic E-state index is 0.174. The van der Waals surface area contributed by atoms with Crippen LogP contribution in [0.25, 0.3) is 0 Å². The van der Waals surface area contributed by atoms with Gasteiger partial charge in [-0.05, 0) is 49.2 Å². The number of aliphatic imine (C=N–C) groups is 1. The topological polar surface area (TPSA) is 32.6 Å². The summed E-state index contributed by atoms with van der Waals surface area (Å²) in [6.07, 6.45) is 1.63. The molecule has 1 N–H and O–H groups in total. The second kappa shape index (κ2) is 5.23. The van der Waals surface area contributed by atoms with E-state index in [-0.39, 0.29) is 5.75 Å². The molecule has 2 rings (SSSR count). The quantitative estimate of drug-likeness (QED) is 0.796. The van der Waals surface area contributed by atoms with Gasteiger partial charge in [-0.1, -0.05) is 23.7 Å². The van der Waals surface area contributed by atoms with Gasteiger partial charge in [-0.25, -0.2) is 0 Å². The molecule has 0 saturated carbocycles. The van der Waals surface area contributed by atoms with E-state index < -0.39 is 0 Å². The zero-order chi connectivity index (χ0) is 13.1. The molecule has 0 saturated heterocycles. The van der Waals surface area contributed by atoms with Crippen LogP contribution in [0, 0.1) is 13.8 Å². The van der Waals surface area contributed by atoms with Gasteiger partial charge in [0.05, 0.1) is 5.69 Å². The Morgan fingerprint density at radius 3 is 2.67 bits per heavy atom. The molecule has 0 spiro atoms. The molecule has 0 atom stereocenters. The molecule has 0 bridgehead atoms. The molecule has 3 heteroatoms. The van der Waals surface area contributed by atoms with Crippen LogP contribution >= 0.6 is 11.6 Å². The molecule has 2 nitrogen and oxygen atoms in total. The molecular formula is C15H14ClNO. The van der Waals surface area contributed by atoms with Crippen molar-refractivity contribution < 1.29 is 5.11 Å². The van der Waals surface area contributed by atoms with Crippen molar-refractivity contribution in [1.82, 2.24) is 0 Å². The fraction of sp³-hybridized carbons (Fsp3) is 0.133. The average molecular weight is 260 g/mol. The van der Waals surface area contributed by atoms with Crippen LogP contribution in [0.15, 0.2) is 41.4 Å². The SMILES string of the molecule is Cc1ccc(C)c(N=Cc2cc(Cl)ccc2O)c1. The first-order valence-corrected chi connectivity index (χ1v) is 6.04. The molecule has 0 aliphatic heterocycles. The van der Waals surface area contributed by atoms with Crippen molar-refractivity contribution in [2.45, 2.75) is 13.8 Å². The number of aryl methyl sites for hydroxylation is 2. The molecule has 0 fully saturated rings. The Balaban J connectivity index is 2.35. The first-order valence-electron chi connectivity index (χ1n) is 5.66. The maximum atomic E-state index is 9.69. The third kappa shape index (κ3) is 2.90. The van der Waals surface area contributed by atoms with Gasteiger partial charge in [0.1, 0.15) is 5.75 Å². The summed E-state index contributed by atoms with van der Waals surface area (Å²) in [5.41, 5.74) is 3.76. The normalized spacial score (nSPS) is 11.1. The van der Waals surface area contributed by atoms with Crippen LogP contribution in [0.3, 0.4) is 0 Å². The molecule has 2 aromatic carbocycles. The molecule has 0 amide bonds. The predicted molar refractivity (Wildman–Crippen MR) is 76.3 cm³/mol. The number of phenols is 1. The van der Waals surface area contributed by atoms with Crippen LogP contribution in [-0.4, -0.2) is 11.3 Å². The number of phenolic OH excluding ortho intramolecular Hbond substituents is 1. The predicted octanol–water partition coefficient (Wildman–Crippen LogP) is 4.41. The zero-order valence-electron chi connectivity index (χ0n) is 10.3. The summed E-state index contributed by atoms with van der Waals surface area (Å²) >= 11 is 5.88. The van der Waals surface area contributed by atoms with E-state index in [1.807, 2.05) is 32.0 Å². The molecule has 0 unspecified atom stereocenters. The Labute approximate surface area is 112 Å². The van der Waals surface area contributed by atoms with E-state index in [1.54, 1.807) is 24.4 Å². The van der Waals surface area contributed by atoms with Crippen molar-refractivity contribution in [1.29, 1.82) is 0 Å². The largest absolute Gasteiger partial charge is 0.507 e. The summed E-state index contributed by atoms with van der Waals surface area (Å²) in [5.74, 6) is 0.174. The van der Waals surface area contributed by atoms with Crippen LogP contribution in [0.4, 0.5) is 5.69 Å². The van der Waals surface area contributed by atoms with Crippen molar-refractivity contribution in [3.63, 3.8) is 0 Å². The number of aromatic hydroxyl groups is 1.